The molecular weight excluding hydrogens is 208 g/mol. The van der Waals surface area contributed by atoms with Crippen LogP contribution in [0.4, 0.5) is 0 Å². The maximum atomic E-state index is 11.4. The number of sulfone groups is 1. The molecule has 1 saturated heterocycles. The van der Waals surface area contributed by atoms with Crippen LogP contribution in [0, 0.1) is 13.8 Å². The van der Waals surface area contributed by atoms with E-state index in [-0.39, 0.29) is 5.92 Å². The lowest BCUT2D eigenvalue weighted by molar-refractivity contribution is 0.601. The van der Waals surface area contributed by atoms with Crippen molar-refractivity contribution in [2.75, 3.05) is 11.5 Å². The Morgan fingerprint density at radius 1 is 1.20 bits per heavy atom. The average molecular weight is 224 g/mol. The molecule has 1 fully saturated rings. The molecule has 0 N–H and O–H groups in total. The van der Waals surface area contributed by atoms with E-state index >= 15 is 0 Å². The summed E-state index contributed by atoms with van der Waals surface area (Å²) in [5.41, 5.74) is 3.69. The molecule has 3 heteroatoms. The summed E-state index contributed by atoms with van der Waals surface area (Å²) in [4.78, 5) is 0. The fourth-order valence-corrected chi connectivity index (χ4v) is 3.86. The Morgan fingerprint density at radius 2 is 1.93 bits per heavy atom. The van der Waals surface area contributed by atoms with Crippen molar-refractivity contribution in [3.05, 3.63) is 34.9 Å². The van der Waals surface area contributed by atoms with E-state index in [9.17, 15) is 8.42 Å². The van der Waals surface area contributed by atoms with Gasteiger partial charge in [-0.3, -0.25) is 0 Å². The Morgan fingerprint density at radius 3 is 2.47 bits per heavy atom. The molecule has 0 spiro atoms. The van der Waals surface area contributed by atoms with E-state index in [2.05, 4.69) is 32.0 Å². The highest BCUT2D eigenvalue weighted by atomic mass is 32.2. The molecule has 0 radical (unpaired) electrons. The summed E-state index contributed by atoms with van der Waals surface area (Å²) >= 11 is 0. The lowest BCUT2D eigenvalue weighted by Crippen LogP contribution is -2.04. The van der Waals surface area contributed by atoms with Gasteiger partial charge in [-0.1, -0.05) is 18.2 Å². The Labute approximate surface area is 91.2 Å². The first kappa shape index (κ1) is 10.7. The van der Waals surface area contributed by atoms with Crippen LogP contribution in [-0.4, -0.2) is 19.9 Å². The van der Waals surface area contributed by atoms with Crippen molar-refractivity contribution in [1.82, 2.24) is 0 Å². The third-order valence-corrected chi connectivity index (χ3v) is 5.00. The normalized spacial score (nSPS) is 24.3. The van der Waals surface area contributed by atoms with E-state index in [1.54, 1.807) is 0 Å². The highest BCUT2D eigenvalue weighted by Crippen LogP contribution is 2.29. The molecule has 0 saturated carbocycles. The van der Waals surface area contributed by atoms with Crippen LogP contribution in [0.2, 0.25) is 0 Å². The van der Waals surface area contributed by atoms with Crippen molar-refractivity contribution >= 4 is 9.84 Å². The predicted octanol–water partition coefficient (Wildman–Crippen LogP) is 2.21. The van der Waals surface area contributed by atoms with Gasteiger partial charge in [-0.2, -0.15) is 0 Å². The quantitative estimate of drug-likeness (QED) is 0.733. The summed E-state index contributed by atoms with van der Waals surface area (Å²) in [6.07, 6.45) is 0.783. The topological polar surface area (TPSA) is 34.1 Å². The number of benzene rings is 1. The number of hydrogen-bond donors (Lipinski definition) is 0. The predicted molar refractivity (Wildman–Crippen MR) is 61.9 cm³/mol. The maximum Gasteiger partial charge on any atom is 0.150 e. The minimum atomic E-state index is -2.77. The summed E-state index contributed by atoms with van der Waals surface area (Å²) in [5.74, 6) is 0.898. The van der Waals surface area contributed by atoms with Crippen molar-refractivity contribution in [2.24, 2.45) is 0 Å². The molecular formula is C12H16O2S. The van der Waals surface area contributed by atoms with E-state index < -0.39 is 9.84 Å². The van der Waals surface area contributed by atoms with Gasteiger partial charge < -0.3 is 0 Å². The van der Waals surface area contributed by atoms with E-state index in [4.69, 9.17) is 0 Å². The fraction of sp³-hybridized carbons (Fsp3) is 0.500. The molecule has 0 bridgehead atoms. The Bertz CT molecular complexity index is 474. The van der Waals surface area contributed by atoms with Crippen LogP contribution in [0.5, 0.6) is 0 Å². The van der Waals surface area contributed by atoms with Gasteiger partial charge in [0.25, 0.3) is 0 Å². The van der Waals surface area contributed by atoms with Gasteiger partial charge in [-0.05, 0) is 42.9 Å². The Balaban J connectivity index is 2.28. The van der Waals surface area contributed by atoms with Gasteiger partial charge in [0.2, 0.25) is 0 Å². The molecule has 2 rings (SSSR count). The van der Waals surface area contributed by atoms with Crippen molar-refractivity contribution in [2.45, 2.75) is 26.2 Å². The van der Waals surface area contributed by atoms with E-state index in [1.165, 1.54) is 16.7 Å². The lowest BCUT2D eigenvalue weighted by Gasteiger charge is -2.10. The van der Waals surface area contributed by atoms with Gasteiger partial charge in [0.1, 0.15) is 0 Å². The molecule has 1 aliphatic heterocycles. The van der Waals surface area contributed by atoms with Crippen LogP contribution < -0.4 is 0 Å². The van der Waals surface area contributed by atoms with Gasteiger partial charge in [0.15, 0.2) is 9.84 Å². The molecule has 0 unspecified atom stereocenters. The molecule has 82 valence electrons. The van der Waals surface area contributed by atoms with Gasteiger partial charge in [-0.15, -0.1) is 0 Å². The maximum absolute atomic E-state index is 11.4. The van der Waals surface area contributed by atoms with Gasteiger partial charge in [0.05, 0.1) is 11.5 Å². The van der Waals surface area contributed by atoms with Crippen LogP contribution in [0.3, 0.4) is 0 Å². The highest BCUT2D eigenvalue weighted by Gasteiger charge is 2.28. The summed E-state index contributed by atoms with van der Waals surface area (Å²) in [6, 6.07) is 6.27. The molecule has 1 aliphatic rings. The molecule has 0 aliphatic carbocycles. The van der Waals surface area contributed by atoms with Crippen molar-refractivity contribution < 1.29 is 8.42 Å². The minimum Gasteiger partial charge on any atom is -0.229 e. The van der Waals surface area contributed by atoms with Crippen molar-refractivity contribution in [1.29, 1.82) is 0 Å². The zero-order valence-corrected chi connectivity index (χ0v) is 9.97. The Kier molecular flexibility index (Phi) is 2.59. The summed E-state index contributed by atoms with van der Waals surface area (Å²) in [7, 11) is -2.77. The lowest BCUT2D eigenvalue weighted by atomic mass is 9.95. The summed E-state index contributed by atoms with van der Waals surface area (Å²) in [5, 5.41) is 0. The van der Waals surface area contributed by atoms with Gasteiger partial charge >= 0.3 is 0 Å². The van der Waals surface area contributed by atoms with Crippen LogP contribution in [0.1, 0.15) is 29.0 Å². The first-order valence-electron chi connectivity index (χ1n) is 5.25. The molecule has 0 amide bonds. The summed E-state index contributed by atoms with van der Waals surface area (Å²) in [6.45, 7) is 4.15. The second-order valence-corrected chi connectivity index (χ2v) is 6.67. The van der Waals surface area contributed by atoms with Crippen LogP contribution in [0.15, 0.2) is 18.2 Å². The average Bonchev–Trinajstić information content (AvgIpc) is 2.51. The molecule has 0 aromatic heterocycles. The molecule has 2 nitrogen and oxygen atoms in total. The van der Waals surface area contributed by atoms with E-state index in [1.807, 2.05) is 0 Å². The fourth-order valence-electron chi connectivity index (χ4n) is 2.08. The smallest absolute Gasteiger partial charge is 0.150 e. The minimum absolute atomic E-state index is 0.217. The summed E-state index contributed by atoms with van der Waals surface area (Å²) < 4.78 is 22.7. The van der Waals surface area contributed by atoms with Crippen LogP contribution >= 0.6 is 0 Å². The second kappa shape index (κ2) is 3.63. The molecule has 1 atom stereocenters. The highest BCUT2D eigenvalue weighted by molar-refractivity contribution is 7.91. The number of aryl methyl sites for hydroxylation is 2. The number of rotatable bonds is 1. The molecule has 1 aromatic rings. The van der Waals surface area contributed by atoms with Gasteiger partial charge in [0, 0.05) is 0 Å². The monoisotopic (exact) mass is 224 g/mol. The SMILES string of the molecule is Cc1ccc([C@@H]2CCS(=O)(=O)C2)cc1C. The van der Waals surface area contributed by atoms with Crippen molar-refractivity contribution in [3.63, 3.8) is 0 Å². The second-order valence-electron chi connectivity index (χ2n) is 4.44. The molecule has 1 aromatic carbocycles. The number of hydrogen-bond acceptors (Lipinski definition) is 2. The third kappa shape index (κ3) is 2.23. The van der Waals surface area contributed by atoms with Crippen LogP contribution in [0.25, 0.3) is 0 Å². The van der Waals surface area contributed by atoms with Crippen molar-refractivity contribution in [3.8, 4) is 0 Å². The third-order valence-electron chi connectivity index (χ3n) is 3.23. The molecule has 15 heavy (non-hydrogen) atoms. The molecule has 1 heterocycles. The van der Waals surface area contributed by atoms with E-state index in [0.717, 1.165) is 6.42 Å². The Hall–Kier alpha value is -0.830. The zero-order chi connectivity index (χ0) is 11.1. The van der Waals surface area contributed by atoms with Gasteiger partial charge in [-0.25, -0.2) is 8.42 Å². The largest absolute Gasteiger partial charge is 0.229 e. The first-order chi connectivity index (χ1) is 6.98. The standard InChI is InChI=1S/C12H16O2S/c1-9-3-4-11(7-10(9)2)12-5-6-15(13,14)8-12/h3-4,7,12H,5-6,8H2,1-2H3/t12-/m1/s1. The first-order valence-corrected chi connectivity index (χ1v) is 7.08. The van der Waals surface area contributed by atoms with E-state index in [0.29, 0.717) is 11.5 Å². The zero-order valence-electron chi connectivity index (χ0n) is 9.16. The van der Waals surface area contributed by atoms with Crippen LogP contribution in [-0.2, 0) is 9.84 Å².